The number of rotatable bonds is 3. The van der Waals surface area contributed by atoms with E-state index in [2.05, 4.69) is 4.74 Å². The first-order chi connectivity index (χ1) is 9.52. The maximum Gasteiger partial charge on any atom is 0.341 e. The van der Waals surface area contributed by atoms with Gasteiger partial charge in [-0.1, -0.05) is 6.07 Å². The zero-order chi connectivity index (χ0) is 14.7. The predicted molar refractivity (Wildman–Crippen MR) is 68.6 cm³/mol. The third kappa shape index (κ3) is 2.69. The number of halogens is 2. The molecule has 104 valence electrons. The summed E-state index contributed by atoms with van der Waals surface area (Å²) in [5.41, 5.74) is 5.90. The Morgan fingerprint density at radius 3 is 2.60 bits per heavy atom. The summed E-state index contributed by atoms with van der Waals surface area (Å²) in [6.07, 6.45) is 0. The predicted octanol–water partition coefficient (Wildman–Crippen LogP) is 3.13. The highest BCUT2D eigenvalue weighted by molar-refractivity contribution is 5.94. The maximum absolute atomic E-state index is 13.6. The van der Waals surface area contributed by atoms with Crippen LogP contribution in [0.2, 0.25) is 0 Å². The standard InChI is InChI=1S/C14H11F2NO3/c1-19-14(18)9-3-2-4-11(17)13(9)20-12-6-5-8(15)7-10(12)16/h2-7H,17H2,1H3. The van der Waals surface area contributed by atoms with E-state index in [9.17, 15) is 13.6 Å². The van der Waals surface area contributed by atoms with E-state index >= 15 is 0 Å². The summed E-state index contributed by atoms with van der Waals surface area (Å²) in [6.45, 7) is 0. The van der Waals surface area contributed by atoms with Gasteiger partial charge in [-0.25, -0.2) is 13.6 Å². The monoisotopic (exact) mass is 279 g/mol. The minimum Gasteiger partial charge on any atom is -0.465 e. The molecule has 2 N–H and O–H groups in total. The summed E-state index contributed by atoms with van der Waals surface area (Å²) in [5.74, 6) is -2.58. The topological polar surface area (TPSA) is 61.5 Å². The van der Waals surface area contributed by atoms with Gasteiger partial charge in [-0.3, -0.25) is 0 Å². The lowest BCUT2D eigenvalue weighted by Crippen LogP contribution is -2.06. The van der Waals surface area contributed by atoms with Crippen molar-refractivity contribution in [1.29, 1.82) is 0 Å². The van der Waals surface area contributed by atoms with Crippen LogP contribution in [0.1, 0.15) is 10.4 Å². The van der Waals surface area contributed by atoms with Crippen molar-refractivity contribution in [3.8, 4) is 11.5 Å². The fraction of sp³-hybridized carbons (Fsp3) is 0.0714. The van der Waals surface area contributed by atoms with E-state index in [0.717, 1.165) is 12.1 Å². The van der Waals surface area contributed by atoms with E-state index in [1.807, 2.05) is 0 Å². The van der Waals surface area contributed by atoms with Crippen LogP contribution in [0.4, 0.5) is 14.5 Å². The molecule has 0 fully saturated rings. The average molecular weight is 279 g/mol. The summed E-state index contributed by atoms with van der Waals surface area (Å²) in [5, 5.41) is 0. The van der Waals surface area contributed by atoms with Gasteiger partial charge in [-0.15, -0.1) is 0 Å². The minimum absolute atomic E-state index is 0.0372. The van der Waals surface area contributed by atoms with Crippen molar-refractivity contribution in [1.82, 2.24) is 0 Å². The number of nitrogens with two attached hydrogens (primary N) is 1. The molecule has 0 saturated heterocycles. The van der Waals surface area contributed by atoms with Crippen LogP contribution in [0.15, 0.2) is 36.4 Å². The molecule has 4 nitrogen and oxygen atoms in total. The highest BCUT2D eigenvalue weighted by Gasteiger charge is 2.17. The van der Waals surface area contributed by atoms with Gasteiger partial charge in [0, 0.05) is 6.07 Å². The van der Waals surface area contributed by atoms with E-state index in [1.165, 1.54) is 25.3 Å². The first-order valence-electron chi connectivity index (χ1n) is 5.62. The van der Waals surface area contributed by atoms with Crippen molar-refractivity contribution in [2.75, 3.05) is 12.8 Å². The number of para-hydroxylation sites is 1. The van der Waals surface area contributed by atoms with Crippen LogP contribution in [-0.2, 0) is 4.74 Å². The lowest BCUT2D eigenvalue weighted by molar-refractivity contribution is 0.0598. The maximum atomic E-state index is 13.6. The Balaban J connectivity index is 2.45. The van der Waals surface area contributed by atoms with Crippen molar-refractivity contribution in [3.63, 3.8) is 0 Å². The first kappa shape index (κ1) is 13.8. The number of benzene rings is 2. The molecule has 6 heteroatoms. The zero-order valence-electron chi connectivity index (χ0n) is 10.5. The number of ether oxygens (including phenoxy) is 2. The highest BCUT2D eigenvalue weighted by atomic mass is 19.1. The summed E-state index contributed by atoms with van der Waals surface area (Å²) in [6, 6.07) is 7.28. The molecule has 0 heterocycles. The second-order valence-corrected chi connectivity index (χ2v) is 3.89. The molecule has 20 heavy (non-hydrogen) atoms. The number of anilines is 1. The van der Waals surface area contributed by atoms with Crippen molar-refractivity contribution in [2.24, 2.45) is 0 Å². The Morgan fingerprint density at radius 2 is 1.95 bits per heavy atom. The summed E-state index contributed by atoms with van der Waals surface area (Å²) in [4.78, 5) is 11.6. The molecular weight excluding hydrogens is 268 g/mol. The van der Waals surface area contributed by atoms with Gasteiger partial charge < -0.3 is 15.2 Å². The Labute approximate surface area is 113 Å². The summed E-state index contributed by atoms with van der Waals surface area (Å²) >= 11 is 0. The van der Waals surface area contributed by atoms with Gasteiger partial charge >= 0.3 is 5.97 Å². The molecular formula is C14H11F2NO3. The van der Waals surface area contributed by atoms with Crippen molar-refractivity contribution in [2.45, 2.75) is 0 Å². The molecule has 2 aromatic rings. The van der Waals surface area contributed by atoms with Gasteiger partial charge in [0.25, 0.3) is 0 Å². The van der Waals surface area contributed by atoms with E-state index in [-0.39, 0.29) is 22.7 Å². The molecule has 2 aromatic carbocycles. The van der Waals surface area contributed by atoms with Gasteiger partial charge in [0.05, 0.1) is 12.8 Å². The Hall–Kier alpha value is -2.63. The lowest BCUT2D eigenvalue weighted by atomic mass is 10.1. The van der Waals surface area contributed by atoms with E-state index < -0.39 is 17.6 Å². The number of esters is 1. The molecule has 2 rings (SSSR count). The van der Waals surface area contributed by atoms with E-state index in [4.69, 9.17) is 10.5 Å². The van der Waals surface area contributed by atoms with Gasteiger partial charge in [0.2, 0.25) is 0 Å². The molecule has 0 unspecified atom stereocenters. The molecule has 0 bridgehead atoms. The molecule has 0 atom stereocenters. The van der Waals surface area contributed by atoms with Crippen LogP contribution < -0.4 is 10.5 Å². The number of nitrogen functional groups attached to an aromatic ring is 1. The number of methoxy groups -OCH3 is 1. The van der Waals surface area contributed by atoms with Gasteiger partial charge in [0.15, 0.2) is 17.3 Å². The Kier molecular flexibility index (Phi) is 3.84. The average Bonchev–Trinajstić information content (AvgIpc) is 2.42. The molecule has 0 saturated carbocycles. The van der Waals surface area contributed by atoms with Crippen LogP contribution in [0.5, 0.6) is 11.5 Å². The van der Waals surface area contributed by atoms with Gasteiger partial charge in [-0.2, -0.15) is 0 Å². The lowest BCUT2D eigenvalue weighted by Gasteiger charge is -2.12. The third-order valence-electron chi connectivity index (χ3n) is 2.56. The second kappa shape index (κ2) is 5.56. The SMILES string of the molecule is COC(=O)c1cccc(N)c1Oc1ccc(F)cc1F. The molecule has 0 aromatic heterocycles. The molecule has 0 aliphatic heterocycles. The van der Waals surface area contributed by atoms with Gasteiger partial charge in [0.1, 0.15) is 11.4 Å². The first-order valence-corrected chi connectivity index (χ1v) is 5.62. The summed E-state index contributed by atoms with van der Waals surface area (Å²) < 4.78 is 36.3. The Morgan fingerprint density at radius 1 is 1.20 bits per heavy atom. The molecule has 0 spiro atoms. The second-order valence-electron chi connectivity index (χ2n) is 3.89. The largest absolute Gasteiger partial charge is 0.465 e. The fourth-order valence-electron chi connectivity index (χ4n) is 1.61. The molecule has 0 aliphatic carbocycles. The van der Waals surface area contributed by atoms with Crippen molar-refractivity contribution in [3.05, 3.63) is 53.6 Å². The Bertz CT molecular complexity index is 659. The van der Waals surface area contributed by atoms with E-state index in [1.54, 1.807) is 0 Å². The smallest absolute Gasteiger partial charge is 0.341 e. The van der Waals surface area contributed by atoms with Crippen molar-refractivity contribution >= 4 is 11.7 Å². The minimum atomic E-state index is -0.899. The molecule has 0 amide bonds. The number of hydrogen-bond acceptors (Lipinski definition) is 4. The van der Waals surface area contributed by atoms with Crippen LogP contribution in [0.3, 0.4) is 0 Å². The van der Waals surface area contributed by atoms with Crippen molar-refractivity contribution < 1.29 is 23.0 Å². The number of carbonyl (C=O) groups is 1. The quantitative estimate of drug-likeness (QED) is 0.692. The molecule has 0 aliphatic rings. The number of carbonyl (C=O) groups excluding carboxylic acids is 1. The van der Waals surface area contributed by atoms with Crippen LogP contribution in [0.25, 0.3) is 0 Å². The van der Waals surface area contributed by atoms with E-state index in [0.29, 0.717) is 6.07 Å². The van der Waals surface area contributed by atoms with Crippen LogP contribution >= 0.6 is 0 Å². The number of hydrogen-bond donors (Lipinski definition) is 1. The van der Waals surface area contributed by atoms with Gasteiger partial charge in [-0.05, 0) is 24.3 Å². The fourth-order valence-corrected chi connectivity index (χ4v) is 1.61. The zero-order valence-corrected chi connectivity index (χ0v) is 10.5. The third-order valence-corrected chi connectivity index (χ3v) is 2.56. The molecule has 0 radical (unpaired) electrons. The normalized spacial score (nSPS) is 10.2. The van der Waals surface area contributed by atoms with Crippen LogP contribution in [0, 0.1) is 11.6 Å². The highest BCUT2D eigenvalue weighted by Crippen LogP contribution is 2.33. The summed E-state index contributed by atoms with van der Waals surface area (Å²) in [7, 11) is 1.20. The van der Waals surface area contributed by atoms with Crippen LogP contribution in [-0.4, -0.2) is 13.1 Å².